The molecule has 1 saturated heterocycles. The average molecular weight is 477 g/mol. The van der Waals surface area contributed by atoms with E-state index in [2.05, 4.69) is 33.9 Å². The second-order valence-corrected chi connectivity index (χ2v) is 9.10. The first-order valence-electron chi connectivity index (χ1n) is 11.7. The van der Waals surface area contributed by atoms with E-state index in [4.69, 9.17) is 19.0 Å². The molecule has 182 valence electrons. The number of aryl methyl sites for hydroxylation is 2. The van der Waals surface area contributed by atoms with E-state index < -0.39 is 5.97 Å². The van der Waals surface area contributed by atoms with E-state index in [-0.39, 0.29) is 17.1 Å². The van der Waals surface area contributed by atoms with Crippen LogP contribution in [-0.4, -0.2) is 50.6 Å². The Morgan fingerprint density at radius 3 is 2.66 bits per heavy atom. The summed E-state index contributed by atoms with van der Waals surface area (Å²) in [4.78, 5) is 20.7. The van der Waals surface area contributed by atoms with Gasteiger partial charge >= 0.3 is 5.97 Å². The molecule has 0 bridgehead atoms. The maximum atomic E-state index is 11.6. The van der Waals surface area contributed by atoms with Crippen molar-refractivity contribution in [3.63, 3.8) is 0 Å². The highest BCUT2D eigenvalue weighted by Gasteiger charge is 2.32. The summed E-state index contributed by atoms with van der Waals surface area (Å²) in [6.45, 7) is 9.59. The van der Waals surface area contributed by atoms with Gasteiger partial charge < -0.3 is 23.7 Å². The van der Waals surface area contributed by atoms with E-state index in [1.165, 1.54) is 6.07 Å². The Labute approximate surface area is 202 Å². The Morgan fingerprint density at radius 2 is 2.00 bits per heavy atom. The predicted molar refractivity (Wildman–Crippen MR) is 130 cm³/mol. The number of aromatic carboxylic acids is 1. The number of pyridine rings is 2. The molecular weight excluding hydrogens is 448 g/mol. The van der Waals surface area contributed by atoms with Gasteiger partial charge in [0.25, 0.3) is 0 Å². The molecule has 9 heteroatoms. The van der Waals surface area contributed by atoms with Crippen molar-refractivity contribution in [2.24, 2.45) is 0 Å². The largest absolute Gasteiger partial charge is 0.478 e. The number of hydrogen-bond acceptors (Lipinski definition) is 7. The van der Waals surface area contributed by atoms with Gasteiger partial charge in [0.2, 0.25) is 5.88 Å². The van der Waals surface area contributed by atoms with Crippen LogP contribution in [0.2, 0.25) is 0 Å². The molecule has 35 heavy (non-hydrogen) atoms. The summed E-state index contributed by atoms with van der Waals surface area (Å²) in [5.74, 6) is -0.0909. The third-order valence-corrected chi connectivity index (χ3v) is 6.77. The molecule has 1 fully saturated rings. The highest BCUT2D eigenvalue weighted by atomic mass is 16.5. The molecule has 5 heterocycles. The third-order valence-electron chi connectivity index (χ3n) is 6.77. The van der Waals surface area contributed by atoms with Gasteiger partial charge in [-0.15, -0.1) is 0 Å². The SMILES string of the molecule is CCOc1nc(C(=O)O)ccc1-c1cn(C2(C)CCOCC2)c2ncc(-c3c(C)noc3C)cc12. The molecule has 0 atom stereocenters. The second kappa shape index (κ2) is 8.81. The lowest BCUT2D eigenvalue weighted by Crippen LogP contribution is -2.36. The number of fused-ring (bicyclic) bond motifs is 1. The summed E-state index contributed by atoms with van der Waals surface area (Å²) in [6.07, 6.45) is 5.66. The molecule has 0 saturated carbocycles. The minimum atomic E-state index is -1.10. The van der Waals surface area contributed by atoms with Gasteiger partial charge in [-0.05, 0) is 58.7 Å². The van der Waals surface area contributed by atoms with Crippen LogP contribution < -0.4 is 4.74 Å². The summed E-state index contributed by atoms with van der Waals surface area (Å²) in [7, 11) is 0. The maximum absolute atomic E-state index is 11.6. The fourth-order valence-corrected chi connectivity index (χ4v) is 4.83. The normalized spacial score (nSPS) is 15.4. The Morgan fingerprint density at radius 1 is 1.23 bits per heavy atom. The number of hydrogen-bond donors (Lipinski definition) is 1. The van der Waals surface area contributed by atoms with Gasteiger partial charge in [0.15, 0.2) is 5.69 Å². The first kappa shape index (κ1) is 23.0. The van der Waals surface area contributed by atoms with Crippen LogP contribution in [0.5, 0.6) is 5.88 Å². The van der Waals surface area contributed by atoms with E-state index in [0.717, 1.165) is 52.0 Å². The Balaban J connectivity index is 1.78. The predicted octanol–water partition coefficient (Wildman–Crippen LogP) is 4.99. The zero-order valence-corrected chi connectivity index (χ0v) is 20.3. The molecule has 4 aromatic heterocycles. The summed E-state index contributed by atoms with van der Waals surface area (Å²) in [6, 6.07) is 5.35. The van der Waals surface area contributed by atoms with Crippen molar-refractivity contribution in [3.05, 3.63) is 47.7 Å². The number of carboxylic acid groups (broad SMARTS) is 1. The van der Waals surface area contributed by atoms with Crippen molar-refractivity contribution in [2.45, 2.75) is 46.1 Å². The van der Waals surface area contributed by atoms with Gasteiger partial charge in [-0.2, -0.15) is 0 Å². The van der Waals surface area contributed by atoms with Crippen LogP contribution in [0.3, 0.4) is 0 Å². The fourth-order valence-electron chi connectivity index (χ4n) is 4.83. The van der Waals surface area contributed by atoms with Crippen LogP contribution in [0, 0.1) is 13.8 Å². The van der Waals surface area contributed by atoms with Crippen molar-refractivity contribution in [2.75, 3.05) is 19.8 Å². The number of ether oxygens (including phenoxy) is 2. The van der Waals surface area contributed by atoms with Crippen molar-refractivity contribution in [3.8, 4) is 28.1 Å². The topological polar surface area (TPSA) is 112 Å². The van der Waals surface area contributed by atoms with E-state index >= 15 is 0 Å². The molecule has 0 spiro atoms. The maximum Gasteiger partial charge on any atom is 0.354 e. The smallest absolute Gasteiger partial charge is 0.354 e. The minimum Gasteiger partial charge on any atom is -0.478 e. The number of nitrogens with zero attached hydrogens (tertiary/aromatic N) is 4. The molecule has 9 nitrogen and oxygen atoms in total. The lowest BCUT2D eigenvalue weighted by molar-refractivity contribution is 0.0312. The Bertz CT molecular complexity index is 1400. The van der Waals surface area contributed by atoms with E-state index in [9.17, 15) is 9.90 Å². The fraction of sp³-hybridized carbons (Fsp3) is 0.385. The molecule has 0 amide bonds. The monoisotopic (exact) mass is 476 g/mol. The quantitative estimate of drug-likeness (QED) is 0.414. The van der Waals surface area contributed by atoms with E-state index in [1.54, 1.807) is 6.07 Å². The molecule has 1 aliphatic heterocycles. The summed E-state index contributed by atoms with van der Waals surface area (Å²) >= 11 is 0. The minimum absolute atomic E-state index is 0.0631. The molecule has 0 radical (unpaired) electrons. The van der Waals surface area contributed by atoms with Gasteiger partial charge in [-0.3, -0.25) is 0 Å². The highest BCUT2D eigenvalue weighted by molar-refractivity contribution is 5.98. The molecule has 0 unspecified atom stereocenters. The van der Waals surface area contributed by atoms with Crippen LogP contribution in [0.15, 0.2) is 35.1 Å². The highest BCUT2D eigenvalue weighted by Crippen LogP contribution is 2.41. The van der Waals surface area contributed by atoms with Crippen LogP contribution in [-0.2, 0) is 10.3 Å². The standard InChI is InChI=1S/C26H28N4O5/c1-5-34-24-18(6-7-21(28-24)25(31)32)20-14-30(26(4)8-10-33-11-9-26)23-19(20)12-17(13-27-23)22-15(2)29-35-16(22)3/h6-7,12-14H,5,8-11H2,1-4H3,(H,31,32). The summed E-state index contributed by atoms with van der Waals surface area (Å²) < 4.78 is 19.1. The Kier molecular flexibility index (Phi) is 5.80. The molecular formula is C26H28N4O5. The lowest BCUT2D eigenvalue weighted by atomic mass is 9.92. The molecule has 1 aliphatic rings. The van der Waals surface area contributed by atoms with Crippen molar-refractivity contribution < 1.29 is 23.9 Å². The molecule has 1 N–H and O–H groups in total. The first-order chi connectivity index (χ1) is 16.8. The van der Waals surface area contributed by atoms with Gasteiger partial charge in [0, 0.05) is 58.8 Å². The van der Waals surface area contributed by atoms with Crippen molar-refractivity contribution in [1.82, 2.24) is 19.7 Å². The van der Waals surface area contributed by atoms with Crippen LogP contribution in [0.1, 0.15) is 48.6 Å². The van der Waals surface area contributed by atoms with Crippen LogP contribution in [0.25, 0.3) is 33.3 Å². The zero-order valence-electron chi connectivity index (χ0n) is 20.3. The van der Waals surface area contributed by atoms with Gasteiger partial charge in [-0.1, -0.05) is 5.16 Å². The van der Waals surface area contributed by atoms with Gasteiger partial charge in [0.1, 0.15) is 11.4 Å². The number of rotatable bonds is 6. The lowest BCUT2D eigenvalue weighted by Gasteiger charge is -2.35. The number of carbonyl (C=O) groups is 1. The Hall–Kier alpha value is -3.72. The molecule has 0 aliphatic carbocycles. The number of carboxylic acids is 1. The summed E-state index contributed by atoms with van der Waals surface area (Å²) in [5.41, 5.74) is 4.81. The molecule has 4 aromatic rings. The van der Waals surface area contributed by atoms with Crippen molar-refractivity contribution in [1.29, 1.82) is 0 Å². The van der Waals surface area contributed by atoms with Gasteiger partial charge in [0.05, 0.1) is 12.3 Å². The van der Waals surface area contributed by atoms with Crippen molar-refractivity contribution >= 4 is 17.0 Å². The average Bonchev–Trinajstić information content (AvgIpc) is 3.39. The third kappa shape index (κ3) is 3.95. The van der Waals surface area contributed by atoms with Crippen LogP contribution >= 0.6 is 0 Å². The van der Waals surface area contributed by atoms with E-state index in [1.807, 2.05) is 27.0 Å². The van der Waals surface area contributed by atoms with Crippen LogP contribution in [0.4, 0.5) is 0 Å². The number of aromatic nitrogens is 4. The first-order valence-corrected chi connectivity index (χ1v) is 11.7. The molecule has 5 rings (SSSR count). The zero-order chi connectivity index (χ0) is 24.7. The molecule has 0 aromatic carbocycles. The van der Waals surface area contributed by atoms with E-state index in [0.29, 0.717) is 25.4 Å². The van der Waals surface area contributed by atoms with Gasteiger partial charge in [-0.25, -0.2) is 14.8 Å². The summed E-state index contributed by atoms with van der Waals surface area (Å²) in [5, 5.41) is 14.5. The second-order valence-electron chi connectivity index (χ2n) is 9.10.